The number of hydrogen-bond acceptors (Lipinski definition) is 3. The van der Waals surface area contributed by atoms with E-state index >= 15 is 0 Å². The fourth-order valence-corrected chi connectivity index (χ4v) is 3.75. The zero-order valence-corrected chi connectivity index (χ0v) is 13.2. The second-order valence-corrected chi connectivity index (χ2v) is 6.24. The first kappa shape index (κ1) is 15.1. The quantitative estimate of drug-likeness (QED) is 0.863. The van der Waals surface area contributed by atoms with Gasteiger partial charge in [-0.05, 0) is 31.5 Å². The minimum Gasteiger partial charge on any atom is -0.398 e. The van der Waals surface area contributed by atoms with Crippen molar-refractivity contribution in [2.75, 3.05) is 5.73 Å². The number of aromatic nitrogens is 2. The Hall–Kier alpha value is -1.33. The third-order valence-corrected chi connectivity index (χ3v) is 4.98. The number of aryl methyl sites for hydroxylation is 2. The van der Waals surface area contributed by atoms with E-state index in [9.17, 15) is 4.21 Å². The van der Waals surface area contributed by atoms with Crippen molar-refractivity contribution in [3.8, 4) is 0 Å². The minimum absolute atomic E-state index is 0.370. The summed E-state index contributed by atoms with van der Waals surface area (Å²) in [6, 6.07) is 7.17. The van der Waals surface area contributed by atoms with Crippen LogP contribution < -0.4 is 5.73 Å². The van der Waals surface area contributed by atoms with Crippen LogP contribution in [0.25, 0.3) is 0 Å². The summed E-state index contributed by atoms with van der Waals surface area (Å²) >= 11 is 6.10. The Labute approximate surface area is 126 Å². The summed E-state index contributed by atoms with van der Waals surface area (Å²) in [6.45, 7) is 4.82. The molecule has 0 spiro atoms. The molecule has 0 saturated carbocycles. The smallest absolute Gasteiger partial charge is 0.0807 e. The molecule has 1 aromatic carbocycles. The summed E-state index contributed by atoms with van der Waals surface area (Å²) in [5.41, 5.74) is 8.30. The predicted octanol–water partition coefficient (Wildman–Crippen LogP) is 3.01. The van der Waals surface area contributed by atoms with E-state index in [1.165, 1.54) is 0 Å². The Morgan fingerprint density at radius 1 is 1.40 bits per heavy atom. The van der Waals surface area contributed by atoms with E-state index in [1.807, 2.05) is 17.7 Å². The second-order valence-electron chi connectivity index (χ2n) is 4.44. The molecule has 2 N–H and O–H groups in total. The van der Waals surface area contributed by atoms with E-state index in [-0.39, 0.29) is 0 Å². The fourth-order valence-electron chi connectivity index (χ4n) is 2.05. The third kappa shape index (κ3) is 3.04. The molecule has 2 rings (SSSR count). The number of anilines is 1. The van der Waals surface area contributed by atoms with Gasteiger partial charge in [0.2, 0.25) is 0 Å². The summed E-state index contributed by atoms with van der Waals surface area (Å²) < 4.78 is 14.4. The van der Waals surface area contributed by atoms with Crippen LogP contribution in [0.4, 0.5) is 5.69 Å². The number of halogens is 1. The molecular weight excluding hydrogens is 294 g/mol. The zero-order valence-electron chi connectivity index (χ0n) is 11.6. The van der Waals surface area contributed by atoms with Crippen LogP contribution >= 0.6 is 11.6 Å². The average Bonchev–Trinajstić information content (AvgIpc) is 2.80. The third-order valence-electron chi connectivity index (χ3n) is 3.08. The Morgan fingerprint density at radius 3 is 2.75 bits per heavy atom. The van der Waals surface area contributed by atoms with Gasteiger partial charge in [0, 0.05) is 12.2 Å². The molecule has 20 heavy (non-hydrogen) atoms. The Balaban J connectivity index is 2.30. The Morgan fingerprint density at radius 2 is 2.15 bits per heavy atom. The molecule has 1 heterocycles. The van der Waals surface area contributed by atoms with Crippen molar-refractivity contribution in [3.63, 3.8) is 0 Å². The van der Waals surface area contributed by atoms with E-state index in [4.69, 9.17) is 17.3 Å². The normalized spacial score (nSPS) is 12.6. The number of benzene rings is 1. The van der Waals surface area contributed by atoms with E-state index in [0.717, 1.165) is 24.4 Å². The monoisotopic (exact) mass is 311 g/mol. The highest BCUT2D eigenvalue weighted by atomic mass is 35.5. The van der Waals surface area contributed by atoms with Gasteiger partial charge in [-0.3, -0.25) is 8.89 Å². The van der Waals surface area contributed by atoms with E-state index in [0.29, 0.717) is 21.4 Å². The maximum Gasteiger partial charge on any atom is 0.0807 e. The zero-order chi connectivity index (χ0) is 14.7. The summed E-state index contributed by atoms with van der Waals surface area (Å²) in [5, 5.41) is 4.90. The summed E-state index contributed by atoms with van der Waals surface area (Å²) in [6.07, 6.45) is 0.862. The van der Waals surface area contributed by atoms with Crippen molar-refractivity contribution >= 4 is 28.1 Å². The van der Waals surface area contributed by atoms with Gasteiger partial charge in [0.15, 0.2) is 0 Å². The number of nitrogens with two attached hydrogens (primary N) is 1. The molecule has 0 saturated heterocycles. The van der Waals surface area contributed by atoms with Crippen molar-refractivity contribution < 1.29 is 4.21 Å². The van der Waals surface area contributed by atoms with Crippen LogP contribution in [0.2, 0.25) is 5.02 Å². The van der Waals surface area contributed by atoms with Crippen LogP contribution in [-0.2, 0) is 29.5 Å². The fraction of sp³-hybridized carbons (Fsp3) is 0.357. The lowest BCUT2D eigenvalue weighted by Gasteiger charge is -2.08. The Kier molecular flexibility index (Phi) is 4.83. The maximum atomic E-state index is 12.5. The molecule has 108 valence electrons. The molecule has 1 unspecified atom stereocenters. The highest BCUT2D eigenvalue weighted by molar-refractivity contribution is 7.84. The van der Waals surface area contributed by atoms with Crippen LogP contribution in [0.5, 0.6) is 0 Å². The van der Waals surface area contributed by atoms with Gasteiger partial charge in [-0.25, -0.2) is 0 Å². The first-order chi connectivity index (χ1) is 9.56. The van der Waals surface area contributed by atoms with Crippen molar-refractivity contribution in [3.05, 3.63) is 40.7 Å². The lowest BCUT2D eigenvalue weighted by atomic mass is 10.3. The second kappa shape index (κ2) is 6.41. The summed E-state index contributed by atoms with van der Waals surface area (Å²) in [7, 11) is -1.28. The molecule has 0 aliphatic rings. The van der Waals surface area contributed by atoms with Gasteiger partial charge in [-0.1, -0.05) is 24.6 Å². The number of nitrogens with zero attached hydrogens (tertiary/aromatic N) is 2. The summed E-state index contributed by atoms with van der Waals surface area (Å²) in [5.74, 6) is 0.370. The van der Waals surface area contributed by atoms with Gasteiger partial charge in [0.05, 0.1) is 37.9 Å². The van der Waals surface area contributed by atoms with Crippen molar-refractivity contribution in [2.24, 2.45) is 0 Å². The lowest BCUT2D eigenvalue weighted by molar-refractivity contribution is 0.623. The van der Waals surface area contributed by atoms with Gasteiger partial charge < -0.3 is 5.73 Å². The van der Waals surface area contributed by atoms with Crippen molar-refractivity contribution in [2.45, 2.75) is 37.5 Å². The van der Waals surface area contributed by atoms with Gasteiger partial charge in [0.1, 0.15) is 0 Å². The highest BCUT2D eigenvalue weighted by Gasteiger charge is 2.16. The molecule has 0 radical (unpaired) electrons. The molecule has 0 bridgehead atoms. The molecule has 0 aliphatic heterocycles. The standard InChI is InChI=1S/C14H18ClN3OS/c1-3-10-8-11(18(4-2)17-10)9-20(19)14-12(15)6-5-7-13(14)16/h5-8H,3-4,9,16H2,1-2H3. The molecule has 1 atom stereocenters. The topological polar surface area (TPSA) is 60.9 Å². The molecule has 2 aromatic rings. The van der Waals surface area contributed by atoms with Gasteiger partial charge in [0.25, 0.3) is 0 Å². The lowest BCUT2D eigenvalue weighted by Crippen LogP contribution is -2.07. The van der Waals surface area contributed by atoms with Crippen molar-refractivity contribution in [1.82, 2.24) is 9.78 Å². The summed E-state index contributed by atoms with van der Waals surface area (Å²) in [4.78, 5) is 0.510. The molecule has 1 aromatic heterocycles. The van der Waals surface area contributed by atoms with Crippen LogP contribution in [0.1, 0.15) is 25.2 Å². The van der Waals surface area contributed by atoms with E-state index < -0.39 is 10.8 Å². The van der Waals surface area contributed by atoms with Crippen LogP contribution in [0.3, 0.4) is 0 Å². The molecule has 0 amide bonds. The minimum atomic E-state index is -1.28. The van der Waals surface area contributed by atoms with Gasteiger partial charge in [-0.2, -0.15) is 5.10 Å². The van der Waals surface area contributed by atoms with Crippen LogP contribution in [-0.4, -0.2) is 14.0 Å². The maximum absolute atomic E-state index is 12.5. The average molecular weight is 312 g/mol. The van der Waals surface area contributed by atoms with E-state index in [2.05, 4.69) is 12.0 Å². The predicted molar refractivity (Wildman–Crippen MR) is 83.3 cm³/mol. The van der Waals surface area contributed by atoms with Crippen LogP contribution in [0, 0.1) is 0 Å². The largest absolute Gasteiger partial charge is 0.398 e. The molecule has 4 nitrogen and oxygen atoms in total. The molecular formula is C14H18ClN3OS. The number of nitrogen functional groups attached to an aromatic ring is 1. The SMILES string of the molecule is CCc1cc(CS(=O)c2c(N)cccc2Cl)n(CC)n1. The molecule has 6 heteroatoms. The van der Waals surface area contributed by atoms with E-state index in [1.54, 1.807) is 18.2 Å². The van der Waals surface area contributed by atoms with Crippen molar-refractivity contribution in [1.29, 1.82) is 0 Å². The molecule has 0 aliphatic carbocycles. The number of hydrogen-bond donors (Lipinski definition) is 1. The van der Waals surface area contributed by atoms with Crippen LogP contribution in [0.15, 0.2) is 29.2 Å². The Bertz CT molecular complexity index is 619. The highest BCUT2D eigenvalue weighted by Crippen LogP contribution is 2.27. The molecule has 0 fully saturated rings. The van der Waals surface area contributed by atoms with Gasteiger partial charge >= 0.3 is 0 Å². The van der Waals surface area contributed by atoms with Gasteiger partial charge in [-0.15, -0.1) is 0 Å². The first-order valence-corrected chi connectivity index (χ1v) is 8.24. The first-order valence-electron chi connectivity index (χ1n) is 6.54. The number of rotatable bonds is 5.